The van der Waals surface area contributed by atoms with Crippen LogP contribution in [0.3, 0.4) is 0 Å². The number of carbonyl (C=O) groups is 1. The normalized spacial score (nSPS) is 20.7. The molecule has 1 amide bonds. The molecule has 2 aliphatic rings. The van der Waals surface area contributed by atoms with Crippen molar-refractivity contribution < 1.29 is 30.3 Å². The van der Waals surface area contributed by atoms with Crippen LogP contribution in [0.2, 0.25) is 0 Å². The van der Waals surface area contributed by atoms with Crippen LogP contribution in [0.5, 0.6) is 0 Å². The maximum Gasteiger partial charge on any atom is 0.263 e. The average Bonchev–Trinajstić information content (AvgIpc) is 3.11. The molecule has 170 valence electrons. The fourth-order valence-corrected chi connectivity index (χ4v) is 4.84. The van der Waals surface area contributed by atoms with Gasteiger partial charge in [0.25, 0.3) is 5.91 Å². The first kappa shape index (κ1) is 27.9. The van der Waals surface area contributed by atoms with E-state index in [9.17, 15) is 9.90 Å². The second-order valence-electron chi connectivity index (χ2n) is 8.17. The second-order valence-corrected chi connectivity index (χ2v) is 9.81. The van der Waals surface area contributed by atoms with Crippen molar-refractivity contribution in [2.45, 2.75) is 57.1 Å². The summed E-state index contributed by atoms with van der Waals surface area (Å²) in [6.45, 7) is 5.81. The third kappa shape index (κ3) is 7.90. The Balaban J connectivity index is 0.00000392. The molecule has 29 heavy (non-hydrogen) atoms. The maximum absolute atomic E-state index is 12.6. The van der Waals surface area contributed by atoms with Gasteiger partial charge in [-0.3, -0.25) is 4.79 Å². The van der Waals surface area contributed by atoms with E-state index in [-0.39, 0.29) is 28.5 Å². The minimum Gasteiger partial charge on any atom is -0.511 e. The molecule has 9 heteroatoms. The fourth-order valence-electron chi connectivity index (χ4n) is 3.68. The van der Waals surface area contributed by atoms with Crippen molar-refractivity contribution in [1.82, 2.24) is 0 Å². The lowest BCUT2D eigenvalue weighted by atomic mass is 9.84. The van der Waals surface area contributed by atoms with E-state index >= 15 is 0 Å². The Hall–Kier alpha value is -1.13. The lowest BCUT2D eigenvalue weighted by molar-refractivity contribution is -0.119. The molecule has 1 saturated heterocycles. The molecule has 0 unspecified atom stereocenters. The van der Waals surface area contributed by atoms with Crippen LogP contribution in [0.25, 0.3) is 0 Å². The van der Waals surface area contributed by atoms with Crippen LogP contribution in [0.15, 0.2) is 16.8 Å². The Morgan fingerprint density at radius 3 is 2.45 bits per heavy atom. The lowest BCUT2D eigenvalue weighted by Crippen LogP contribution is -2.31. The number of hydrogen-bond acceptors (Lipinski definition) is 5. The summed E-state index contributed by atoms with van der Waals surface area (Å²) in [4.78, 5) is 16.7. The first-order valence-electron chi connectivity index (χ1n) is 9.79. The molecule has 1 aliphatic heterocycles. The van der Waals surface area contributed by atoms with E-state index in [1.54, 1.807) is 18.9 Å². The number of amidine groups is 1. The number of nitrogens with two attached hydrogens (primary N) is 1. The lowest BCUT2D eigenvalue weighted by Gasteiger charge is -2.27. The van der Waals surface area contributed by atoms with Gasteiger partial charge in [0, 0.05) is 26.4 Å². The van der Waals surface area contributed by atoms with Gasteiger partial charge in [-0.1, -0.05) is 12.8 Å². The van der Waals surface area contributed by atoms with Crippen molar-refractivity contribution in [2.24, 2.45) is 22.1 Å². The highest BCUT2D eigenvalue weighted by Crippen LogP contribution is 2.43. The van der Waals surface area contributed by atoms with Gasteiger partial charge >= 0.3 is 0 Å². The van der Waals surface area contributed by atoms with Crippen LogP contribution in [0.1, 0.15) is 52.4 Å². The topological polar surface area (TPSA) is 157 Å². The summed E-state index contributed by atoms with van der Waals surface area (Å²) in [5, 5.41) is 10.6. The monoisotopic (exact) mass is 434 g/mol. The number of aliphatic imine (C=N–C) groups is 1. The van der Waals surface area contributed by atoms with Gasteiger partial charge in [-0.25, -0.2) is 0 Å². The molecule has 1 heterocycles. The third-order valence-electron chi connectivity index (χ3n) is 5.58. The van der Waals surface area contributed by atoms with E-state index in [1.165, 1.54) is 6.08 Å². The Bertz CT molecular complexity index is 567. The van der Waals surface area contributed by atoms with E-state index in [1.807, 2.05) is 13.8 Å². The van der Waals surface area contributed by atoms with Gasteiger partial charge in [-0.15, -0.1) is 11.8 Å². The van der Waals surface area contributed by atoms with Crippen molar-refractivity contribution in [3.63, 3.8) is 0 Å². The molecule has 2 fully saturated rings. The largest absolute Gasteiger partial charge is 0.511 e. The van der Waals surface area contributed by atoms with E-state index in [0.717, 1.165) is 57.5 Å². The second kappa shape index (κ2) is 12.5. The summed E-state index contributed by atoms with van der Waals surface area (Å²) in [6, 6.07) is 0. The third-order valence-corrected chi connectivity index (χ3v) is 7.11. The van der Waals surface area contributed by atoms with E-state index in [0.29, 0.717) is 12.5 Å². The number of aliphatic hydroxyl groups is 1. The molecule has 7 N–H and O–H groups in total. The van der Waals surface area contributed by atoms with Crippen molar-refractivity contribution in [3.05, 3.63) is 11.8 Å². The minimum absolute atomic E-state index is 0. The Kier molecular flexibility index (Phi) is 12.1. The van der Waals surface area contributed by atoms with Crippen LogP contribution in [0, 0.1) is 11.3 Å². The molecule has 0 aromatic carbocycles. The fraction of sp³-hybridized carbons (Fsp3) is 0.800. The molecular weight excluding hydrogens is 396 g/mol. The molecular formula is C20H38N2O6S. The predicted molar refractivity (Wildman–Crippen MR) is 117 cm³/mol. The SMILES string of the molecule is COCC1(/C(O)=C/C(N)=NC(=O)C(C)(C)SCC2CCOCC2)CCCC1.O.O. The van der Waals surface area contributed by atoms with Gasteiger partial charge in [0.1, 0.15) is 11.6 Å². The summed E-state index contributed by atoms with van der Waals surface area (Å²) in [5.41, 5.74) is 5.56. The zero-order valence-corrected chi connectivity index (χ0v) is 18.6. The van der Waals surface area contributed by atoms with E-state index in [2.05, 4.69) is 4.99 Å². The summed E-state index contributed by atoms with van der Waals surface area (Å²) < 4.78 is 10.0. The van der Waals surface area contributed by atoms with Gasteiger partial charge in [0.2, 0.25) is 0 Å². The molecule has 0 radical (unpaired) electrons. The van der Waals surface area contributed by atoms with Crippen molar-refractivity contribution >= 4 is 23.5 Å². The smallest absolute Gasteiger partial charge is 0.263 e. The standard InChI is InChI=1S/C20H34N2O4S.2H2O/c1-19(2,27-13-15-6-10-26-11-7-15)18(24)22-17(21)12-16(23)20(14-25-3)8-4-5-9-20;;/h12,15,23H,4-11,13-14H2,1-3H3,(H2,21,22,24);2*1H2/b16-12-;;. The van der Waals surface area contributed by atoms with Crippen LogP contribution < -0.4 is 5.73 Å². The van der Waals surface area contributed by atoms with Gasteiger partial charge in [0.15, 0.2) is 0 Å². The molecule has 2 rings (SSSR count). The molecule has 0 bridgehead atoms. The Labute approximate surface area is 177 Å². The number of rotatable bonds is 8. The number of ether oxygens (including phenoxy) is 2. The zero-order valence-electron chi connectivity index (χ0n) is 17.8. The average molecular weight is 435 g/mol. The number of aliphatic hydroxyl groups excluding tert-OH is 1. The molecule has 0 aromatic heterocycles. The van der Waals surface area contributed by atoms with Crippen molar-refractivity contribution in [2.75, 3.05) is 32.7 Å². The van der Waals surface area contributed by atoms with Crippen molar-refractivity contribution in [3.8, 4) is 0 Å². The van der Waals surface area contributed by atoms with E-state index in [4.69, 9.17) is 15.2 Å². The Morgan fingerprint density at radius 1 is 1.31 bits per heavy atom. The maximum atomic E-state index is 12.6. The first-order valence-corrected chi connectivity index (χ1v) is 10.8. The quantitative estimate of drug-likeness (QED) is 0.337. The van der Waals surface area contributed by atoms with Crippen LogP contribution in [-0.2, 0) is 14.3 Å². The molecule has 1 aliphatic carbocycles. The van der Waals surface area contributed by atoms with Gasteiger partial charge in [-0.2, -0.15) is 4.99 Å². The van der Waals surface area contributed by atoms with Gasteiger partial charge < -0.3 is 31.3 Å². The molecule has 0 spiro atoms. The zero-order chi connectivity index (χ0) is 19.9. The number of carbonyl (C=O) groups excluding carboxylic acids is 1. The van der Waals surface area contributed by atoms with Crippen molar-refractivity contribution in [1.29, 1.82) is 0 Å². The molecule has 0 aromatic rings. The summed E-state index contributed by atoms with van der Waals surface area (Å²) in [5.74, 6) is 1.45. The molecule has 1 saturated carbocycles. The first-order chi connectivity index (χ1) is 12.8. The van der Waals surface area contributed by atoms with Crippen LogP contribution in [-0.4, -0.2) is 65.2 Å². The van der Waals surface area contributed by atoms with Gasteiger partial charge in [0.05, 0.1) is 16.8 Å². The van der Waals surface area contributed by atoms with E-state index < -0.39 is 10.2 Å². The van der Waals surface area contributed by atoms with Gasteiger partial charge in [-0.05, 0) is 51.2 Å². The highest BCUT2D eigenvalue weighted by molar-refractivity contribution is 8.01. The highest BCUT2D eigenvalue weighted by Gasteiger charge is 2.38. The van der Waals surface area contributed by atoms with Crippen LogP contribution in [0.4, 0.5) is 0 Å². The summed E-state index contributed by atoms with van der Waals surface area (Å²) in [7, 11) is 1.63. The molecule has 8 nitrogen and oxygen atoms in total. The Morgan fingerprint density at radius 2 is 1.90 bits per heavy atom. The summed E-state index contributed by atoms with van der Waals surface area (Å²) in [6.07, 6.45) is 7.33. The minimum atomic E-state index is -0.649. The number of thioether (sulfide) groups is 1. The summed E-state index contributed by atoms with van der Waals surface area (Å²) >= 11 is 1.62. The number of amides is 1. The highest BCUT2D eigenvalue weighted by atomic mass is 32.2. The molecule has 0 atom stereocenters. The number of nitrogens with zero attached hydrogens (tertiary/aromatic N) is 1. The number of methoxy groups -OCH3 is 1. The van der Waals surface area contributed by atoms with Crippen LogP contribution >= 0.6 is 11.8 Å². The number of hydrogen-bond donors (Lipinski definition) is 2. The predicted octanol–water partition coefficient (Wildman–Crippen LogP) is 1.81.